The summed E-state index contributed by atoms with van der Waals surface area (Å²) in [6, 6.07) is 35.1. The second-order valence-electron chi connectivity index (χ2n) is 8.50. The summed E-state index contributed by atoms with van der Waals surface area (Å²) in [6.07, 6.45) is 8.48. The number of aromatic nitrogens is 2. The average molecular weight is 569 g/mol. The van der Waals surface area contributed by atoms with Gasteiger partial charge in [-0.2, -0.15) is 12.1 Å². The zero-order chi connectivity index (χ0) is 26.5. The molecule has 0 N–H and O–H groups in total. The zero-order valence-corrected chi connectivity index (χ0v) is 23.4. The molecule has 204 valence electrons. The third-order valence-electron chi connectivity index (χ3n) is 5.67. The van der Waals surface area contributed by atoms with Crippen LogP contribution in [0.1, 0.15) is 36.9 Å². The van der Waals surface area contributed by atoms with Crippen LogP contribution >= 0.6 is 0 Å². The number of aryl methyl sites for hydroxylation is 1. The number of rotatable bonds is 6. The Hall–Kier alpha value is -3.35. The van der Waals surface area contributed by atoms with Crippen molar-refractivity contribution in [3.8, 4) is 11.3 Å². The van der Waals surface area contributed by atoms with Gasteiger partial charge in [0.15, 0.2) is 12.4 Å². The molecule has 0 saturated carbocycles. The van der Waals surface area contributed by atoms with Gasteiger partial charge in [0.1, 0.15) is 16.2 Å². The van der Waals surface area contributed by atoms with E-state index in [4.69, 9.17) is 0 Å². The van der Waals surface area contributed by atoms with E-state index in [1.807, 2.05) is 61.7 Å². The molecule has 0 spiro atoms. The van der Waals surface area contributed by atoms with E-state index in [1.54, 1.807) is 12.1 Å². The summed E-state index contributed by atoms with van der Waals surface area (Å²) in [4.78, 5) is 4.22. The van der Waals surface area contributed by atoms with Gasteiger partial charge in [-0.05, 0) is 31.2 Å². The molecule has 1 atom stereocenters. The van der Waals surface area contributed by atoms with E-state index in [-0.39, 0.29) is 22.0 Å². The minimum Gasteiger partial charge on any atom is -0.748 e. The van der Waals surface area contributed by atoms with Crippen molar-refractivity contribution in [2.75, 3.05) is 0 Å². The maximum Gasteiger partial charge on any atom is 0.169 e. The Morgan fingerprint density at radius 2 is 1.47 bits per heavy atom. The number of pyridine rings is 2. The summed E-state index contributed by atoms with van der Waals surface area (Å²) in [5.74, 6) is 0. The molecule has 3 aromatic carbocycles. The average Bonchev–Trinajstić information content (AvgIpc) is 3.66. The van der Waals surface area contributed by atoms with Crippen LogP contribution in [0.4, 0.5) is 0 Å². The van der Waals surface area contributed by atoms with Gasteiger partial charge in [-0.3, -0.25) is 4.98 Å². The van der Waals surface area contributed by atoms with E-state index in [0.29, 0.717) is 6.04 Å². The molecular formula is C31H32FeN2O3S-6. The van der Waals surface area contributed by atoms with Gasteiger partial charge < -0.3 is 34.9 Å². The molecule has 2 aromatic heterocycles. The van der Waals surface area contributed by atoms with Gasteiger partial charge in [-0.25, -0.2) is 25.1 Å². The molecule has 0 saturated heterocycles. The van der Waals surface area contributed by atoms with E-state index < -0.39 is 10.1 Å². The molecule has 0 fully saturated rings. The Balaban J connectivity index is 0.000000249. The largest absolute Gasteiger partial charge is 0.748 e. The van der Waals surface area contributed by atoms with Crippen LogP contribution in [0.5, 0.6) is 0 Å². The van der Waals surface area contributed by atoms with Crippen LogP contribution in [-0.4, -0.2) is 18.0 Å². The van der Waals surface area contributed by atoms with Crippen molar-refractivity contribution in [3.05, 3.63) is 139 Å². The fourth-order valence-corrected chi connectivity index (χ4v) is 4.22. The molecule has 1 unspecified atom stereocenters. The summed E-state index contributed by atoms with van der Waals surface area (Å²) >= 11 is 0. The predicted molar refractivity (Wildman–Crippen MR) is 146 cm³/mol. The van der Waals surface area contributed by atoms with E-state index in [9.17, 15) is 13.0 Å². The van der Waals surface area contributed by atoms with Gasteiger partial charge in [0, 0.05) is 47.4 Å². The zero-order valence-electron chi connectivity index (χ0n) is 21.5. The van der Waals surface area contributed by atoms with Crippen molar-refractivity contribution in [1.82, 2.24) is 4.98 Å². The minimum absolute atomic E-state index is 0. The van der Waals surface area contributed by atoms with Crippen LogP contribution < -0.4 is 4.57 Å². The van der Waals surface area contributed by atoms with Gasteiger partial charge in [0.2, 0.25) is 0 Å². The first-order chi connectivity index (χ1) is 17.9. The molecule has 5 rings (SSSR count). The minimum atomic E-state index is -4.27. The van der Waals surface area contributed by atoms with Crippen molar-refractivity contribution in [1.29, 1.82) is 0 Å². The quantitative estimate of drug-likeness (QED) is 0.102. The Morgan fingerprint density at radius 1 is 0.895 bits per heavy atom. The van der Waals surface area contributed by atoms with Crippen LogP contribution in [0.3, 0.4) is 0 Å². The van der Waals surface area contributed by atoms with Gasteiger partial charge in [0.05, 0.1) is 10.6 Å². The van der Waals surface area contributed by atoms with Gasteiger partial charge in [-0.15, -0.1) is 0 Å². The number of hydrogen-bond donors (Lipinski definition) is 0. The molecule has 0 aliphatic heterocycles. The Labute approximate surface area is 236 Å². The first-order valence-corrected chi connectivity index (χ1v) is 13.6. The van der Waals surface area contributed by atoms with Gasteiger partial charge in [-0.1, -0.05) is 42.7 Å². The third kappa shape index (κ3) is 9.84. The summed E-state index contributed by atoms with van der Waals surface area (Å²) in [5, 5.41) is 0. The van der Waals surface area contributed by atoms with Crippen LogP contribution in [0, 0.1) is 6.92 Å². The van der Waals surface area contributed by atoms with Crippen LogP contribution in [0.25, 0.3) is 11.3 Å². The summed E-state index contributed by atoms with van der Waals surface area (Å²) in [6.45, 7) is 4.06. The smallest absolute Gasteiger partial charge is 0.169 e. The maximum atomic E-state index is 10.4. The molecule has 0 aliphatic rings. The fraction of sp³-hybridized carbons (Fsp3) is 0.161. The first kappa shape index (κ1) is 30.9. The van der Waals surface area contributed by atoms with E-state index in [2.05, 4.69) is 65.3 Å². The van der Waals surface area contributed by atoms with Crippen LogP contribution in [0.2, 0.25) is 0 Å². The normalized spacial score (nSPS) is 11.1. The van der Waals surface area contributed by atoms with Gasteiger partial charge >= 0.3 is 0 Å². The van der Waals surface area contributed by atoms with Crippen molar-refractivity contribution >= 4 is 10.1 Å². The third-order valence-corrected chi connectivity index (χ3v) is 6.52. The molecule has 2 heterocycles. The molecule has 0 aliphatic carbocycles. The number of nitrogens with zero attached hydrogens (tertiary/aromatic N) is 2. The Morgan fingerprint density at radius 3 is 1.95 bits per heavy atom. The molecule has 0 bridgehead atoms. The molecule has 38 heavy (non-hydrogen) atoms. The van der Waals surface area contributed by atoms with Gasteiger partial charge in [0.25, 0.3) is 0 Å². The predicted octanol–water partition coefficient (Wildman–Crippen LogP) is 6.45. The van der Waals surface area contributed by atoms with Crippen LogP contribution in [0.15, 0.2) is 133 Å². The van der Waals surface area contributed by atoms with Crippen molar-refractivity contribution in [3.63, 3.8) is 0 Å². The Bertz CT molecular complexity index is 1370. The standard InChI is InChI=1S/C19H20N2.C7H8O3S.C5H5.Fe/c1-2-7-19(17-8-3-4-9-17)21-14-11-16(12-15-21)18-10-5-6-13-20-18;1-6-2-4-7(5-3-6)11(8,9)10;1-2-4-5-3-1;/h3-6,8-15,19H,2,7H2,1H3;2-5H,1H3,(H,8,9,10);1-5H;/q;;-5;/p-1. The monoisotopic (exact) mass is 568 g/mol. The number of hydrogen-bond acceptors (Lipinski definition) is 4. The van der Waals surface area contributed by atoms with E-state index >= 15 is 0 Å². The summed E-state index contributed by atoms with van der Waals surface area (Å²) in [5.41, 5.74) is 4.49. The molecule has 0 radical (unpaired) electrons. The van der Waals surface area contributed by atoms with Crippen molar-refractivity contribution in [2.24, 2.45) is 0 Å². The Kier molecular flexibility index (Phi) is 12.8. The molecule has 0 amide bonds. The molecule has 5 aromatic rings. The molecular weight excluding hydrogens is 536 g/mol. The number of benzene rings is 1. The fourth-order valence-electron chi connectivity index (χ4n) is 3.75. The molecule has 5 nitrogen and oxygen atoms in total. The van der Waals surface area contributed by atoms with E-state index in [1.165, 1.54) is 24.1 Å². The summed E-state index contributed by atoms with van der Waals surface area (Å²) < 4.78 is 33.5. The van der Waals surface area contributed by atoms with Crippen LogP contribution in [-0.2, 0) is 27.2 Å². The molecule has 7 heteroatoms. The maximum absolute atomic E-state index is 10.4. The van der Waals surface area contributed by atoms with E-state index in [0.717, 1.165) is 23.2 Å². The second kappa shape index (κ2) is 15.8. The topological polar surface area (TPSA) is 74.0 Å². The first-order valence-electron chi connectivity index (χ1n) is 12.2. The summed E-state index contributed by atoms with van der Waals surface area (Å²) in [7, 11) is -4.27. The second-order valence-corrected chi connectivity index (χ2v) is 9.88. The SMILES string of the molecule is CCCC([c-]1cccc1)[n+]1ccc(-c2ccccn2)cc1.Cc1ccc(S(=O)(=O)[O-])cc1.[Fe].[cH-]1[cH-][cH-][cH-][cH-]1. The van der Waals surface area contributed by atoms with Crippen molar-refractivity contribution in [2.45, 2.75) is 37.6 Å². The van der Waals surface area contributed by atoms with Crippen molar-refractivity contribution < 1.29 is 34.6 Å².